The number of halogens is 2. The summed E-state index contributed by atoms with van der Waals surface area (Å²) in [5.74, 6) is 0.677. The molecule has 1 aliphatic heterocycles. The van der Waals surface area contributed by atoms with Crippen molar-refractivity contribution in [3.8, 4) is 11.3 Å². The summed E-state index contributed by atoms with van der Waals surface area (Å²) < 4.78 is 39.2. The summed E-state index contributed by atoms with van der Waals surface area (Å²) in [5.41, 5.74) is 3.16. The molecule has 0 unspecified atom stereocenters. The van der Waals surface area contributed by atoms with Crippen molar-refractivity contribution in [2.24, 2.45) is 0 Å². The van der Waals surface area contributed by atoms with Crippen LogP contribution in [0.5, 0.6) is 0 Å². The molecule has 0 amide bonds. The number of imidazole rings is 1. The maximum atomic E-state index is 13.1. The highest BCUT2D eigenvalue weighted by Gasteiger charge is 2.40. The van der Waals surface area contributed by atoms with Gasteiger partial charge in [0.05, 0.1) is 25.5 Å². The number of aromatic amines is 1. The summed E-state index contributed by atoms with van der Waals surface area (Å²) in [6, 6.07) is 3.89. The number of nitrogens with zero attached hydrogens (tertiary/aromatic N) is 5. The van der Waals surface area contributed by atoms with Crippen molar-refractivity contribution >= 4 is 28.1 Å². The van der Waals surface area contributed by atoms with Crippen LogP contribution in [0.3, 0.4) is 0 Å². The van der Waals surface area contributed by atoms with Crippen LogP contribution in [0.2, 0.25) is 0 Å². The molecule has 6 rings (SSSR count). The van der Waals surface area contributed by atoms with E-state index in [9.17, 15) is 8.78 Å². The minimum Gasteiger partial charge on any atom is -0.351 e. The molecule has 2 fully saturated rings. The lowest BCUT2D eigenvalue weighted by atomic mass is 9.90. The van der Waals surface area contributed by atoms with Gasteiger partial charge in [-0.15, -0.1) is 0 Å². The molecule has 1 saturated heterocycles. The van der Waals surface area contributed by atoms with Gasteiger partial charge in [-0.1, -0.05) is 0 Å². The van der Waals surface area contributed by atoms with Gasteiger partial charge in [-0.05, 0) is 31.9 Å². The fourth-order valence-electron chi connectivity index (χ4n) is 4.98. The van der Waals surface area contributed by atoms with E-state index in [0.717, 1.165) is 36.6 Å². The molecule has 0 radical (unpaired) electrons. The number of aromatic nitrogens is 6. The number of fused-ring (bicyclic) bond motifs is 2. The van der Waals surface area contributed by atoms with Crippen LogP contribution in [-0.2, 0) is 16.0 Å². The number of pyridine rings is 1. The third-order valence-electron chi connectivity index (χ3n) is 6.71. The van der Waals surface area contributed by atoms with Crippen LogP contribution >= 0.6 is 0 Å². The largest absolute Gasteiger partial charge is 0.351 e. The molecule has 2 N–H and O–H groups in total. The van der Waals surface area contributed by atoms with Gasteiger partial charge in [0.2, 0.25) is 5.95 Å². The molecule has 0 bridgehead atoms. The maximum Gasteiger partial charge on any atom is 0.256 e. The molecule has 0 atom stereocenters. The molecule has 0 aromatic carbocycles. The maximum absolute atomic E-state index is 13.1. The standard InChI is InChI=1S/C23H25F2N7O2/c1-13-28-18-3-2-17(30-21(18)32(13)12-19(24)25)15-10-26-20-16(15)11-27-22(31-20)29-14-4-6-23(7-5-14)33-8-9-34-23/h2-3,10-11,14,19H,4-9,12H2,1H3,(H2,26,27,29,31). The van der Waals surface area contributed by atoms with Crippen LogP contribution in [0.4, 0.5) is 14.7 Å². The van der Waals surface area contributed by atoms with E-state index in [2.05, 4.69) is 30.2 Å². The van der Waals surface area contributed by atoms with Crippen molar-refractivity contribution in [1.82, 2.24) is 29.5 Å². The Bertz CT molecular complexity index is 1340. The number of hydrogen-bond donors (Lipinski definition) is 2. The van der Waals surface area contributed by atoms with Gasteiger partial charge in [-0.3, -0.25) is 0 Å². The van der Waals surface area contributed by atoms with Crippen molar-refractivity contribution in [2.75, 3.05) is 18.5 Å². The number of hydrogen-bond acceptors (Lipinski definition) is 7. The minimum atomic E-state index is -2.48. The lowest BCUT2D eigenvalue weighted by Crippen LogP contribution is -2.39. The van der Waals surface area contributed by atoms with E-state index in [4.69, 9.17) is 9.47 Å². The molecule has 1 spiro atoms. The first kappa shape index (κ1) is 21.4. The summed E-state index contributed by atoms with van der Waals surface area (Å²) in [5, 5.41) is 4.24. The van der Waals surface area contributed by atoms with Crippen molar-refractivity contribution < 1.29 is 18.3 Å². The van der Waals surface area contributed by atoms with Gasteiger partial charge in [0.15, 0.2) is 11.4 Å². The first-order chi connectivity index (χ1) is 16.5. The zero-order valence-corrected chi connectivity index (χ0v) is 18.7. The van der Waals surface area contributed by atoms with Gasteiger partial charge in [0.25, 0.3) is 6.43 Å². The van der Waals surface area contributed by atoms with Crippen molar-refractivity contribution in [3.05, 3.63) is 30.4 Å². The third kappa shape index (κ3) is 3.78. The molecule has 178 valence electrons. The lowest BCUT2D eigenvalue weighted by Gasteiger charge is -2.35. The molecule has 4 aromatic heterocycles. The Hall–Kier alpha value is -3.18. The molecular weight excluding hydrogens is 444 g/mol. The molecule has 11 heteroatoms. The second-order valence-electron chi connectivity index (χ2n) is 8.88. The number of aryl methyl sites for hydroxylation is 1. The number of anilines is 1. The Balaban J connectivity index is 1.24. The molecule has 34 heavy (non-hydrogen) atoms. The topological polar surface area (TPSA) is 103 Å². The highest BCUT2D eigenvalue weighted by Crippen LogP contribution is 2.36. The number of alkyl halides is 2. The number of nitrogens with one attached hydrogen (secondary N) is 2. The molecular formula is C23H25F2N7O2. The van der Waals surface area contributed by atoms with E-state index in [-0.39, 0.29) is 6.04 Å². The molecule has 9 nitrogen and oxygen atoms in total. The van der Waals surface area contributed by atoms with E-state index >= 15 is 0 Å². The zero-order valence-electron chi connectivity index (χ0n) is 18.7. The average molecular weight is 469 g/mol. The fourth-order valence-corrected chi connectivity index (χ4v) is 4.98. The van der Waals surface area contributed by atoms with Gasteiger partial charge < -0.3 is 24.3 Å². The third-order valence-corrected chi connectivity index (χ3v) is 6.71. The summed E-state index contributed by atoms with van der Waals surface area (Å²) in [6.45, 7) is 2.61. The number of H-pyrrole nitrogens is 1. The van der Waals surface area contributed by atoms with Gasteiger partial charge in [-0.25, -0.2) is 23.7 Å². The van der Waals surface area contributed by atoms with Crippen LogP contribution in [0.1, 0.15) is 31.5 Å². The molecule has 1 aliphatic carbocycles. The highest BCUT2D eigenvalue weighted by atomic mass is 19.3. The fraction of sp³-hybridized carbons (Fsp3) is 0.478. The SMILES string of the molecule is Cc1nc2ccc(-c3c[nH]c4nc(NC5CCC6(CC5)OCCO6)ncc34)nc2n1CC(F)F. The van der Waals surface area contributed by atoms with Gasteiger partial charge >= 0.3 is 0 Å². The molecule has 4 aromatic rings. The highest BCUT2D eigenvalue weighted by molar-refractivity contribution is 5.93. The van der Waals surface area contributed by atoms with E-state index in [1.165, 1.54) is 4.57 Å². The summed E-state index contributed by atoms with van der Waals surface area (Å²) in [7, 11) is 0. The van der Waals surface area contributed by atoms with E-state index in [0.29, 0.717) is 47.5 Å². The van der Waals surface area contributed by atoms with E-state index in [1.807, 2.05) is 12.3 Å². The lowest BCUT2D eigenvalue weighted by molar-refractivity contribution is -0.177. The summed E-state index contributed by atoms with van der Waals surface area (Å²) in [4.78, 5) is 21.4. The van der Waals surface area contributed by atoms with E-state index < -0.39 is 18.8 Å². The smallest absolute Gasteiger partial charge is 0.256 e. The van der Waals surface area contributed by atoms with Crippen LogP contribution in [-0.4, -0.2) is 61.0 Å². The molecule has 2 aliphatic rings. The van der Waals surface area contributed by atoms with Crippen LogP contribution < -0.4 is 5.32 Å². The summed E-state index contributed by atoms with van der Waals surface area (Å²) >= 11 is 0. The monoisotopic (exact) mass is 469 g/mol. The second kappa shape index (κ2) is 8.24. The van der Waals surface area contributed by atoms with Crippen molar-refractivity contribution in [2.45, 2.75) is 57.4 Å². The van der Waals surface area contributed by atoms with Crippen molar-refractivity contribution in [1.29, 1.82) is 0 Å². The molecule has 1 saturated carbocycles. The van der Waals surface area contributed by atoms with E-state index in [1.54, 1.807) is 19.2 Å². The first-order valence-corrected chi connectivity index (χ1v) is 11.5. The Morgan fingerprint density at radius 1 is 1.18 bits per heavy atom. The first-order valence-electron chi connectivity index (χ1n) is 11.5. The van der Waals surface area contributed by atoms with Crippen molar-refractivity contribution in [3.63, 3.8) is 0 Å². The van der Waals surface area contributed by atoms with Crippen LogP contribution in [0.25, 0.3) is 33.5 Å². The Labute approximate surface area is 193 Å². The predicted octanol–water partition coefficient (Wildman–Crippen LogP) is 4.04. The average Bonchev–Trinajstić information content (AvgIpc) is 3.53. The Morgan fingerprint density at radius 3 is 2.74 bits per heavy atom. The van der Waals surface area contributed by atoms with Gasteiger partial charge in [-0.2, -0.15) is 4.98 Å². The predicted molar refractivity (Wildman–Crippen MR) is 122 cm³/mol. The van der Waals surface area contributed by atoms with Gasteiger partial charge in [0, 0.05) is 42.2 Å². The van der Waals surface area contributed by atoms with Gasteiger partial charge in [0.1, 0.15) is 17.0 Å². The van der Waals surface area contributed by atoms with Crippen LogP contribution in [0.15, 0.2) is 24.5 Å². The Morgan fingerprint density at radius 2 is 1.97 bits per heavy atom. The zero-order chi connectivity index (χ0) is 23.3. The Kier molecular flexibility index (Phi) is 5.18. The minimum absolute atomic E-state index is 0.257. The molecule has 5 heterocycles. The number of rotatable bonds is 5. The second-order valence-corrected chi connectivity index (χ2v) is 8.88. The van der Waals surface area contributed by atoms with Crippen LogP contribution in [0, 0.1) is 6.92 Å². The summed E-state index contributed by atoms with van der Waals surface area (Å²) in [6.07, 6.45) is 4.65. The quantitative estimate of drug-likeness (QED) is 0.455. The number of ether oxygens (including phenoxy) is 2. The normalized spacial score (nSPS) is 18.6.